The molecule has 0 radical (unpaired) electrons. The summed E-state index contributed by atoms with van der Waals surface area (Å²) in [5.74, 6) is 0. The number of alkyl halides is 3. The highest BCUT2D eigenvalue weighted by Gasteiger charge is 2.44. The summed E-state index contributed by atoms with van der Waals surface area (Å²) in [6.07, 6.45) is 0.976. The zero-order valence-electron chi connectivity index (χ0n) is 21.5. The SMILES string of the molecule is Cc1ccc(-c2c3c(cc(-c4ccccc4)c2-c2ccccc2)-c2ccccc2C3)cc1.O=S(=O)(O)C(F)(F)F. The number of hydrogen-bond donors (Lipinski definition) is 1. The summed E-state index contributed by atoms with van der Waals surface area (Å²) in [4.78, 5) is 0. The molecule has 1 aliphatic carbocycles. The zero-order chi connectivity index (χ0) is 28.5. The maximum Gasteiger partial charge on any atom is 0.522 e. The molecule has 0 atom stereocenters. The van der Waals surface area contributed by atoms with Gasteiger partial charge in [-0.05, 0) is 75.0 Å². The van der Waals surface area contributed by atoms with Crippen molar-refractivity contribution in [3.8, 4) is 44.5 Å². The lowest BCUT2D eigenvalue weighted by atomic mass is 9.82. The Kier molecular flexibility index (Phi) is 7.36. The number of rotatable bonds is 3. The minimum absolute atomic E-state index is 0.976. The van der Waals surface area contributed by atoms with Crippen LogP contribution in [-0.4, -0.2) is 18.5 Å². The molecule has 5 aromatic rings. The Morgan fingerprint density at radius 1 is 0.625 bits per heavy atom. The second kappa shape index (κ2) is 10.8. The summed E-state index contributed by atoms with van der Waals surface area (Å²) >= 11 is 0. The molecule has 0 saturated carbocycles. The van der Waals surface area contributed by atoms with Crippen molar-refractivity contribution in [2.75, 3.05) is 0 Å². The molecule has 0 saturated heterocycles. The maximum absolute atomic E-state index is 10.7. The molecule has 0 heterocycles. The second-order valence-electron chi connectivity index (χ2n) is 9.55. The molecule has 5 aromatic carbocycles. The fourth-order valence-electron chi connectivity index (χ4n) is 5.06. The minimum Gasteiger partial charge on any atom is -0.279 e. The number of hydrogen-bond acceptors (Lipinski definition) is 2. The van der Waals surface area contributed by atoms with Crippen molar-refractivity contribution >= 4 is 10.1 Å². The Hall–Kier alpha value is -4.20. The third-order valence-corrected chi connectivity index (χ3v) is 7.47. The van der Waals surface area contributed by atoms with E-state index >= 15 is 0 Å². The van der Waals surface area contributed by atoms with Gasteiger partial charge in [-0.2, -0.15) is 21.6 Å². The van der Waals surface area contributed by atoms with Gasteiger partial charge in [0.2, 0.25) is 0 Å². The third-order valence-electron chi connectivity index (χ3n) is 6.89. The van der Waals surface area contributed by atoms with Crippen LogP contribution in [0.1, 0.15) is 16.7 Å². The van der Waals surface area contributed by atoms with E-state index in [0.29, 0.717) is 0 Å². The van der Waals surface area contributed by atoms with Crippen molar-refractivity contribution in [1.82, 2.24) is 0 Å². The first kappa shape index (κ1) is 27.4. The summed E-state index contributed by atoms with van der Waals surface area (Å²) in [5.41, 5.74) is 9.14. The van der Waals surface area contributed by atoms with E-state index in [9.17, 15) is 13.2 Å². The summed E-state index contributed by atoms with van der Waals surface area (Å²) in [6, 6.07) is 42.0. The van der Waals surface area contributed by atoms with E-state index in [1.807, 2.05) is 0 Å². The fraction of sp³-hybridized carbons (Fsp3) is 0.0909. The van der Waals surface area contributed by atoms with Gasteiger partial charge in [-0.3, -0.25) is 4.55 Å². The number of halogens is 3. The summed E-state index contributed by atoms with van der Waals surface area (Å²) in [5, 5.41) is 0. The van der Waals surface area contributed by atoms with Gasteiger partial charge in [-0.15, -0.1) is 0 Å². The Labute approximate surface area is 231 Å². The molecule has 1 aliphatic rings. The summed E-state index contributed by atoms with van der Waals surface area (Å²) < 4.78 is 57.5. The lowest BCUT2D eigenvalue weighted by molar-refractivity contribution is -0.0510. The molecule has 0 aliphatic heterocycles. The average Bonchev–Trinajstić information content (AvgIpc) is 3.31. The van der Waals surface area contributed by atoms with E-state index in [1.165, 1.54) is 61.2 Å². The monoisotopic (exact) mass is 558 g/mol. The first-order valence-electron chi connectivity index (χ1n) is 12.5. The highest BCUT2D eigenvalue weighted by atomic mass is 32.2. The Bertz CT molecular complexity index is 1760. The number of fused-ring (bicyclic) bond motifs is 3. The van der Waals surface area contributed by atoms with Crippen LogP contribution in [0.4, 0.5) is 13.2 Å². The Balaban J connectivity index is 0.000000355. The molecular weight excluding hydrogens is 533 g/mol. The second-order valence-corrected chi connectivity index (χ2v) is 11.0. The van der Waals surface area contributed by atoms with E-state index in [0.717, 1.165) is 6.42 Å². The van der Waals surface area contributed by atoms with Crippen molar-refractivity contribution in [2.45, 2.75) is 18.9 Å². The standard InChI is InChI=1S/C32H24.CHF3O3S/c1-22-16-18-25(19-17-22)32-30-20-26-14-8-9-15-27(26)29(30)21-28(23-10-4-2-5-11-23)31(32)24-12-6-3-7-13-24;2-1(3,4)8(5,6)7/h2-19,21H,20H2,1H3;(H,5,6,7). The maximum atomic E-state index is 10.7. The molecule has 3 nitrogen and oxygen atoms in total. The van der Waals surface area contributed by atoms with Crippen LogP contribution in [0.5, 0.6) is 0 Å². The summed E-state index contributed by atoms with van der Waals surface area (Å²) in [7, 11) is -5.84. The lowest BCUT2D eigenvalue weighted by Gasteiger charge is -2.21. The van der Waals surface area contributed by atoms with E-state index in [4.69, 9.17) is 13.0 Å². The molecular formula is C33H25F3O3S. The van der Waals surface area contributed by atoms with Crippen LogP contribution in [-0.2, 0) is 16.5 Å². The van der Waals surface area contributed by atoms with Crippen LogP contribution >= 0.6 is 0 Å². The molecule has 0 spiro atoms. The molecule has 0 fully saturated rings. The first-order valence-corrected chi connectivity index (χ1v) is 14.0. The van der Waals surface area contributed by atoms with E-state index in [2.05, 4.69) is 122 Å². The molecule has 202 valence electrons. The minimum atomic E-state index is -5.84. The lowest BCUT2D eigenvalue weighted by Crippen LogP contribution is -2.21. The largest absolute Gasteiger partial charge is 0.522 e. The highest BCUT2D eigenvalue weighted by Crippen LogP contribution is 2.50. The van der Waals surface area contributed by atoms with Crippen molar-refractivity contribution < 1.29 is 26.1 Å². The average molecular weight is 559 g/mol. The number of aryl methyl sites for hydroxylation is 1. The van der Waals surface area contributed by atoms with Gasteiger partial charge in [-0.25, -0.2) is 0 Å². The molecule has 1 N–H and O–H groups in total. The molecule has 6 rings (SSSR count). The van der Waals surface area contributed by atoms with Crippen LogP contribution in [0, 0.1) is 6.92 Å². The van der Waals surface area contributed by atoms with Gasteiger partial charge >= 0.3 is 15.6 Å². The topological polar surface area (TPSA) is 54.4 Å². The molecule has 7 heteroatoms. The van der Waals surface area contributed by atoms with Crippen LogP contribution in [0.3, 0.4) is 0 Å². The van der Waals surface area contributed by atoms with Gasteiger partial charge in [0.05, 0.1) is 0 Å². The highest BCUT2D eigenvalue weighted by molar-refractivity contribution is 7.86. The smallest absolute Gasteiger partial charge is 0.279 e. The van der Waals surface area contributed by atoms with Crippen molar-refractivity contribution in [1.29, 1.82) is 0 Å². The zero-order valence-corrected chi connectivity index (χ0v) is 22.3. The normalized spacial score (nSPS) is 12.2. The van der Waals surface area contributed by atoms with Gasteiger partial charge < -0.3 is 0 Å². The van der Waals surface area contributed by atoms with Crippen molar-refractivity contribution in [3.63, 3.8) is 0 Å². The molecule has 0 amide bonds. The fourth-order valence-corrected chi connectivity index (χ4v) is 5.06. The van der Waals surface area contributed by atoms with E-state index in [-0.39, 0.29) is 0 Å². The molecule has 0 unspecified atom stereocenters. The Morgan fingerprint density at radius 3 is 1.70 bits per heavy atom. The number of benzene rings is 5. The van der Waals surface area contributed by atoms with Gasteiger partial charge in [0.25, 0.3) is 0 Å². The third kappa shape index (κ3) is 5.43. The van der Waals surface area contributed by atoms with Crippen LogP contribution < -0.4 is 0 Å². The van der Waals surface area contributed by atoms with Gasteiger partial charge in [0.15, 0.2) is 0 Å². The van der Waals surface area contributed by atoms with Crippen LogP contribution in [0.2, 0.25) is 0 Å². The van der Waals surface area contributed by atoms with Crippen molar-refractivity contribution in [3.05, 3.63) is 132 Å². The molecule has 0 bridgehead atoms. The van der Waals surface area contributed by atoms with Crippen LogP contribution in [0.25, 0.3) is 44.5 Å². The van der Waals surface area contributed by atoms with E-state index < -0.39 is 15.6 Å². The van der Waals surface area contributed by atoms with Gasteiger partial charge in [-0.1, -0.05) is 115 Å². The quantitative estimate of drug-likeness (QED) is 0.174. The van der Waals surface area contributed by atoms with Crippen molar-refractivity contribution in [2.24, 2.45) is 0 Å². The molecule has 0 aromatic heterocycles. The van der Waals surface area contributed by atoms with Gasteiger partial charge in [0.1, 0.15) is 0 Å². The first-order chi connectivity index (χ1) is 19.0. The van der Waals surface area contributed by atoms with E-state index in [1.54, 1.807) is 0 Å². The predicted octanol–water partition coefficient (Wildman–Crippen LogP) is 8.96. The predicted molar refractivity (Wildman–Crippen MR) is 153 cm³/mol. The van der Waals surface area contributed by atoms with Gasteiger partial charge in [0, 0.05) is 0 Å². The van der Waals surface area contributed by atoms with Crippen LogP contribution in [0.15, 0.2) is 115 Å². The summed E-state index contributed by atoms with van der Waals surface area (Å²) in [6.45, 7) is 2.16. The Morgan fingerprint density at radius 2 is 1.12 bits per heavy atom. The molecule has 40 heavy (non-hydrogen) atoms.